The van der Waals surface area contributed by atoms with Crippen LogP contribution in [-0.2, 0) is 4.79 Å². The summed E-state index contributed by atoms with van der Waals surface area (Å²) in [6.07, 6.45) is 2.67. The fourth-order valence-corrected chi connectivity index (χ4v) is 1.43. The molecule has 0 aromatic heterocycles. The van der Waals surface area contributed by atoms with E-state index < -0.39 is 0 Å². The molecule has 0 aromatic carbocycles. The molecule has 0 spiro atoms. The SMILES string of the molecule is C=C1CCCN1/N=C(\C)CNC(=O)CC. The second-order valence-corrected chi connectivity index (χ2v) is 3.76. The van der Waals surface area contributed by atoms with E-state index in [1.807, 2.05) is 18.9 Å². The third-order valence-corrected chi connectivity index (χ3v) is 2.35. The Morgan fingerprint density at radius 1 is 1.67 bits per heavy atom. The maximum Gasteiger partial charge on any atom is 0.220 e. The van der Waals surface area contributed by atoms with Crippen molar-refractivity contribution in [1.29, 1.82) is 0 Å². The number of carbonyl (C=O) groups is 1. The minimum atomic E-state index is 0.0600. The lowest BCUT2D eigenvalue weighted by Crippen LogP contribution is -2.28. The molecular weight excluding hydrogens is 190 g/mol. The number of amides is 1. The molecule has 1 aliphatic rings. The molecule has 0 aliphatic carbocycles. The van der Waals surface area contributed by atoms with Crippen molar-refractivity contribution >= 4 is 11.6 Å². The van der Waals surface area contributed by atoms with Gasteiger partial charge in [0.1, 0.15) is 0 Å². The number of hydrazone groups is 1. The number of allylic oxidation sites excluding steroid dienone is 1. The molecule has 0 unspecified atom stereocenters. The van der Waals surface area contributed by atoms with Crippen LogP contribution in [0.5, 0.6) is 0 Å². The largest absolute Gasteiger partial charge is 0.351 e. The third-order valence-electron chi connectivity index (χ3n) is 2.35. The van der Waals surface area contributed by atoms with Gasteiger partial charge in [0, 0.05) is 18.7 Å². The fourth-order valence-electron chi connectivity index (χ4n) is 1.43. The topological polar surface area (TPSA) is 44.7 Å². The highest BCUT2D eigenvalue weighted by Crippen LogP contribution is 2.18. The van der Waals surface area contributed by atoms with Crippen molar-refractivity contribution in [3.8, 4) is 0 Å². The summed E-state index contributed by atoms with van der Waals surface area (Å²) in [7, 11) is 0. The molecule has 0 saturated carbocycles. The Labute approximate surface area is 91.0 Å². The van der Waals surface area contributed by atoms with Gasteiger partial charge in [0.2, 0.25) is 5.91 Å². The van der Waals surface area contributed by atoms with Crippen LogP contribution in [0.2, 0.25) is 0 Å². The molecule has 1 fully saturated rings. The molecule has 0 aromatic rings. The van der Waals surface area contributed by atoms with E-state index in [2.05, 4.69) is 17.0 Å². The number of hydrogen-bond donors (Lipinski definition) is 1. The first kappa shape index (κ1) is 11.8. The monoisotopic (exact) mass is 209 g/mol. The quantitative estimate of drug-likeness (QED) is 0.713. The van der Waals surface area contributed by atoms with E-state index >= 15 is 0 Å². The van der Waals surface area contributed by atoms with E-state index in [-0.39, 0.29) is 5.91 Å². The van der Waals surface area contributed by atoms with Gasteiger partial charge in [-0.3, -0.25) is 9.80 Å². The average molecular weight is 209 g/mol. The first-order valence-electron chi connectivity index (χ1n) is 5.39. The minimum Gasteiger partial charge on any atom is -0.351 e. The standard InChI is InChI=1S/C11H19N3O/c1-4-11(15)12-8-9(2)13-14-7-5-6-10(14)3/h3-8H2,1-2H3,(H,12,15)/b13-9+. The third kappa shape index (κ3) is 3.73. The van der Waals surface area contributed by atoms with E-state index in [0.29, 0.717) is 13.0 Å². The molecule has 1 amide bonds. The second-order valence-electron chi connectivity index (χ2n) is 3.76. The van der Waals surface area contributed by atoms with Crippen LogP contribution in [0.4, 0.5) is 0 Å². The maximum atomic E-state index is 11.0. The molecule has 4 heteroatoms. The molecule has 1 saturated heterocycles. The van der Waals surface area contributed by atoms with Crippen LogP contribution in [0.1, 0.15) is 33.1 Å². The molecule has 1 rings (SSSR count). The van der Waals surface area contributed by atoms with Crippen molar-refractivity contribution in [2.75, 3.05) is 13.1 Å². The zero-order valence-corrected chi connectivity index (χ0v) is 9.55. The molecule has 84 valence electrons. The predicted molar refractivity (Wildman–Crippen MR) is 61.5 cm³/mol. The lowest BCUT2D eigenvalue weighted by molar-refractivity contribution is -0.120. The number of nitrogens with zero attached hydrogens (tertiary/aromatic N) is 2. The molecule has 1 aliphatic heterocycles. The van der Waals surface area contributed by atoms with Crippen molar-refractivity contribution < 1.29 is 4.79 Å². The summed E-state index contributed by atoms with van der Waals surface area (Å²) in [6.45, 7) is 9.15. The lowest BCUT2D eigenvalue weighted by atomic mass is 10.3. The van der Waals surface area contributed by atoms with Crippen LogP contribution in [-0.4, -0.2) is 29.7 Å². The van der Waals surface area contributed by atoms with E-state index in [4.69, 9.17) is 0 Å². The van der Waals surface area contributed by atoms with Gasteiger partial charge in [0.05, 0.1) is 12.3 Å². The van der Waals surface area contributed by atoms with Crippen LogP contribution >= 0.6 is 0 Å². The van der Waals surface area contributed by atoms with E-state index in [1.54, 1.807) is 0 Å². The highest BCUT2D eigenvalue weighted by Gasteiger charge is 2.13. The molecule has 0 atom stereocenters. The van der Waals surface area contributed by atoms with Gasteiger partial charge >= 0.3 is 0 Å². The van der Waals surface area contributed by atoms with Gasteiger partial charge in [-0.2, -0.15) is 5.10 Å². The Hall–Kier alpha value is -1.32. The summed E-state index contributed by atoms with van der Waals surface area (Å²) >= 11 is 0. The number of carbonyl (C=O) groups excluding carboxylic acids is 1. The van der Waals surface area contributed by atoms with Gasteiger partial charge in [-0.1, -0.05) is 13.5 Å². The number of rotatable bonds is 4. The van der Waals surface area contributed by atoms with E-state index in [1.165, 1.54) is 0 Å². The van der Waals surface area contributed by atoms with Crippen molar-refractivity contribution in [1.82, 2.24) is 10.3 Å². The molecule has 0 bridgehead atoms. The summed E-state index contributed by atoms with van der Waals surface area (Å²) in [4.78, 5) is 11.0. The van der Waals surface area contributed by atoms with Crippen molar-refractivity contribution in [2.45, 2.75) is 33.1 Å². The Bertz CT molecular complexity index is 284. The molecule has 1 heterocycles. The second kappa shape index (κ2) is 5.53. The smallest absolute Gasteiger partial charge is 0.220 e. The molecule has 0 radical (unpaired) electrons. The minimum absolute atomic E-state index is 0.0600. The van der Waals surface area contributed by atoms with Crippen LogP contribution in [0, 0.1) is 0 Å². The van der Waals surface area contributed by atoms with Gasteiger partial charge in [-0.25, -0.2) is 0 Å². The fraction of sp³-hybridized carbons (Fsp3) is 0.636. The van der Waals surface area contributed by atoms with Crippen molar-refractivity contribution in [3.05, 3.63) is 12.3 Å². The Kier molecular flexibility index (Phi) is 4.34. The van der Waals surface area contributed by atoms with Gasteiger partial charge in [0.25, 0.3) is 0 Å². The highest BCUT2D eigenvalue weighted by molar-refractivity contribution is 5.88. The zero-order chi connectivity index (χ0) is 11.3. The van der Waals surface area contributed by atoms with Crippen molar-refractivity contribution in [3.63, 3.8) is 0 Å². The molecule has 15 heavy (non-hydrogen) atoms. The Balaban J connectivity index is 2.38. The molecule has 1 N–H and O–H groups in total. The zero-order valence-electron chi connectivity index (χ0n) is 9.55. The summed E-state index contributed by atoms with van der Waals surface area (Å²) in [5.74, 6) is 0.0600. The molecule has 4 nitrogen and oxygen atoms in total. The summed E-state index contributed by atoms with van der Waals surface area (Å²) in [5.41, 5.74) is 1.98. The van der Waals surface area contributed by atoms with Gasteiger partial charge in [0.15, 0.2) is 0 Å². The van der Waals surface area contributed by atoms with Gasteiger partial charge in [-0.05, 0) is 19.8 Å². The van der Waals surface area contributed by atoms with Crippen LogP contribution in [0.3, 0.4) is 0 Å². The maximum absolute atomic E-state index is 11.0. The summed E-state index contributed by atoms with van der Waals surface area (Å²) in [5, 5.41) is 9.12. The highest BCUT2D eigenvalue weighted by atomic mass is 16.1. The first-order valence-corrected chi connectivity index (χ1v) is 5.39. The van der Waals surface area contributed by atoms with E-state index in [0.717, 1.165) is 30.8 Å². The summed E-state index contributed by atoms with van der Waals surface area (Å²) < 4.78 is 0. The van der Waals surface area contributed by atoms with Crippen LogP contribution in [0.15, 0.2) is 17.4 Å². The van der Waals surface area contributed by atoms with Crippen LogP contribution < -0.4 is 5.32 Å². The van der Waals surface area contributed by atoms with Gasteiger partial charge < -0.3 is 5.32 Å². The lowest BCUT2D eigenvalue weighted by Gasteiger charge is -2.14. The van der Waals surface area contributed by atoms with Crippen molar-refractivity contribution in [2.24, 2.45) is 5.10 Å². The van der Waals surface area contributed by atoms with Crippen LogP contribution in [0.25, 0.3) is 0 Å². The Morgan fingerprint density at radius 2 is 2.40 bits per heavy atom. The first-order chi connectivity index (χ1) is 7.13. The van der Waals surface area contributed by atoms with E-state index in [9.17, 15) is 4.79 Å². The predicted octanol–water partition coefficient (Wildman–Crippen LogP) is 1.50. The number of hydrogen-bond acceptors (Lipinski definition) is 3. The Morgan fingerprint density at radius 3 is 2.93 bits per heavy atom. The van der Waals surface area contributed by atoms with Gasteiger partial charge in [-0.15, -0.1) is 0 Å². The summed E-state index contributed by atoms with van der Waals surface area (Å²) in [6, 6.07) is 0. The average Bonchev–Trinajstić information content (AvgIpc) is 2.61. The molecular formula is C11H19N3O. The number of nitrogens with one attached hydrogen (secondary N) is 1. The normalized spacial score (nSPS) is 17.1.